The molecule has 1 fully saturated rings. The Bertz CT molecular complexity index is 2810. The van der Waals surface area contributed by atoms with Gasteiger partial charge in [-0.15, -0.1) is 0 Å². The van der Waals surface area contributed by atoms with Crippen molar-refractivity contribution in [3.8, 4) is 23.0 Å². The third-order valence-electron chi connectivity index (χ3n) is 11.9. The maximum Gasteiger partial charge on any atom is 0.435 e. The van der Waals surface area contributed by atoms with Gasteiger partial charge in [0.05, 0.1) is 39.5 Å². The Morgan fingerprint density at radius 2 is 1.62 bits per heavy atom. The second kappa shape index (κ2) is 17.0. The first-order valence-electron chi connectivity index (χ1n) is 20.2. The van der Waals surface area contributed by atoms with Crippen LogP contribution in [0.1, 0.15) is 73.6 Å². The number of rotatable bonds is 10. The van der Waals surface area contributed by atoms with E-state index in [0.717, 1.165) is 51.5 Å². The van der Waals surface area contributed by atoms with Gasteiger partial charge in [0, 0.05) is 61.9 Å². The van der Waals surface area contributed by atoms with E-state index in [9.17, 15) is 35.2 Å². The summed E-state index contributed by atoms with van der Waals surface area (Å²) in [5.41, 5.74) is -2.71. The number of nitrogens with zero attached hydrogens (tertiary/aromatic N) is 7. The molecule has 0 unspecified atom stereocenters. The third-order valence-corrected chi connectivity index (χ3v) is 12.8. The van der Waals surface area contributed by atoms with Crippen LogP contribution in [0.2, 0.25) is 5.02 Å². The molecule has 1 amide bonds. The van der Waals surface area contributed by atoms with Crippen LogP contribution in [0.5, 0.6) is 0 Å². The number of aromatic nitrogens is 5. The summed E-state index contributed by atoms with van der Waals surface area (Å²) in [4.78, 5) is 23.5. The van der Waals surface area contributed by atoms with Gasteiger partial charge >= 0.3 is 6.18 Å². The average molecular weight is 936 g/mol. The second-order valence-corrected chi connectivity index (χ2v) is 19.1. The number of amides is 1. The summed E-state index contributed by atoms with van der Waals surface area (Å²) in [6.07, 6.45) is -4.55. The largest absolute Gasteiger partial charge is 0.435 e. The number of hydrogen-bond acceptors (Lipinski definition) is 8. The fraction of sp³-hybridized carbons (Fsp3) is 0.442. The number of carbonyl (C=O) groups excluding carboxylic acids is 1. The minimum Gasteiger partial charge on any atom is -0.346 e. The molecule has 64 heavy (non-hydrogen) atoms. The van der Waals surface area contributed by atoms with Crippen LogP contribution in [-0.4, -0.2) is 93.7 Å². The number of pyridine rings is 1. The standard InChI is InChI=1S/C43H45ClF7N9O3S/c1-23-24(2)42(47,48)39-34(23)38(43(49,50)51)54-60(39)22-33(61)53-32(20-25-18-26(45)21-27(46)19-25)36-29(9-8-28(52-36)12-13-41(3,4)59-16-14-57(5)15-17-59)30-10-11-31(44)35-37(30)58(6)55-40(35)56-64(7,62)63/h8-11,18-19,21,23-24,32H,14-17,20,22H2,1-7H3,(H,53,61)(H,55,56)/t23-,24+,32-/m0/s1. The maximum atomic E-state index is 15.7. The topological polar surface area (TPSA) is 130 Å². The lowest BCUT2D eigenvalue weighted by Crippen LogP contribution is -2.53. The van der Waals surface area contributed by atoms with Gasteiger partial charge < -0.3 is 10.2 Å². The smallest absolute Gasteiger partial charge is 0.346 e. The number of anilines is 1. The van der Waals surface area contributed by atoms with Crippen LogP contribution in [-0.2, 0) is 46.9 Å². The van der Waals surface area contributed by atoms with Crippen LogP contribution in [0.15, 0.2) is 42.5 Å². The van der Waals surface area contributed by atoms with Crippen LogP contribution < -0.4 is 10.0 Å². The van der Waals surface area contributed by atoms with Crippen LogP contribution in [0, 0.1) is 29.4 Å². The molecule has 2 aliphatic rings. The minimum atomic E-state index is -5.12. The number of benzene rings is 2. The Hall–Kier alpha value is -5.23. The summed E-state index contributed by atoms with van der Waals surface area (Å²) >= 11 is 6.65. The molecule has 2 N–H and O–H groups in total. The Kier molecular flexibility index (Phi) is 12.4. The van der Waals surface area contributed by atoms with E-state index < -0.39 is 86.6 Å². The predicted octanol–water partition coefficient (Wildman–Crippen LogP) is 7.48. The van der Waals surface area contributed by atoms with Crippen molar-refractivity contribution < 1.29 is 43.9 Å². The highest BCUT2D eigenvalue weighted by Crippen LogP contribution is 2.55. The lowest BCUT2D eigenvalue weighted by Gasteiger charge is -2.40. The number of nitrogens with one attached hydrogen (secondary N) is 2. The summed E-state index contributed by atoms with van der Waals surface area (Å²) in [6.45, 7) is 8.32. The van der Waals surface area contributed by atoms with Crippen molar-refractivity contribution in [3.05, 3.63) is 93.0 Å². The molecular weight excluding hydrogens is 891 g/mol. The SMILES string of the molecule is C[C@@H]1c2c(C(F)(F)F)nn(CC(=O)N[C@@H](Cc3cc(F)cc(F)c3)c3nc(C#CC(C)(C)N4CCN(C)CC4)ccc3-c3ccc(Cl)c4c(NS(C)(=O)=O)nn(C)c34)c2C(F)(F)[C@@H]1C. The van der Waals surface area contributed by atoms with E-state index in [-0.39, 0.29) is 45.2 Å². The number of halogens is 8. The number of alkyl halides is 5. The molecule has 342 valence electrons. The van der Waals surface area contributed by atoms with Crippen molar-refractivity contribution in [1.29, 1.82) is 0 Å². The summed E-state index contributed by atoms with van der Waals surface area (Å²) < 4.78 is 133. The number of fused-ring (bicyclic) bond motifs is 2. The number of carbonyl (C=O) groups is 1. The normalized spacial score (nSPS) is 18.7. The van der Waals surface area contributed by atoms with Crippen LogP contribution in [0.4, 0.5) is 36.6 Å². The molecule has 1 aliphatic carbocycles. The molecule has 0 spiro atoms. The first-order valence-corrected chi connectivity index (χ1v) is 22.4. The zero-order valence-electron chi connectivity index (χ0n) is 35.8. The fourth-order valence-corrected chi connectivity index (χ4v) is 9.20. The quantitative estimate of drug-likeness (QED) is 0.109. The number of aryl methyl sites for hydroxylation is 1. The van der Waals surface area contributed by atoms with Crippen molar-refractivity contribution >= 4 is 44.3 Å². The molecule has 7 rings (SSSR count). The lowest BCUT2D eigenvalue weighted by atomic mass is 9.93. The monoisotopic (exact) mass is 935 g/mol. The summed E-state index contributed by atoms with van der Waals surface area (Å²) in [5, 5.41) is 10.9. The molecular formula is C43H45ClF7N9O3S. The molecule has 2 aromatic carbocycles. The van der Waals surface area contributed by atoms with Gasteiger partial charge in [-0.1, -0.05) is 37.4 Å². The Morgan fingerprint density at radius 3 is 2.25 bits per heavy atom. The van der Waals surface area contributed by atoms with Gasteiger partial charge in [-0.25, -0.2) is 22.2 Å². The number of likely N-dealkylation sites (N-methyl/N-ethyl adjacent to an activating group) is 1. The fourth-order valence-electron chi connectivity index (χ4n) is 8.46. The van der Waals surface area contributed by atoms with Crippen LogP contribution in [0.25, 0.3) is 22.0 Å². The van der Waals surface area contributed by atoms with E-state index >= 15 is 8.78 Å². The van der Waals surface area contributed by atoms with E-state index in [0.29, 0.717) is 21.8 Å². The summed E-state index contributed by atoms with van der Waals surface area (Å²) in [6, 6.07) is 7.63. The Morgan fingerprint density at radius 1 is 0.984 bits per heavy atom. The van der Waals surface area contributed by atoms with E-state index in [2.05, 4.69) is 41.9 Å². The molecule has 1 aliphatic heterocycles. The van der Waals surface area contributed by atoms with Crippen molar-refractivity contribution in [2.75, 3.05) is 44.2 Å². The van der Waals surface area contributed by atoms with E-state index in [1.54, 1.807) is 18.2 Å². The predicted molar refractivity (Wildman–Crippen MR) is 227 cm³/mol. The lowest BCUT2D eigenvalue weighted by molar-refractivity contribution is -0.143. The van der Waals surface area contributed by atoms with Crippen molar-refractivity contribution in [2.45, 2.75) is 70.3 Å². The van der Waals surface area contributed by atoms with Gasteiger partial charge in [0.2, 0.25) is 15.9 Å². The maximum absolute atomic E-state index is 15.7. The van der Waals surface area contributed by atoms with Crippen LogP contribution in [0.3, 0.4) is 0 Å². The molecule has 5 aromatic rings. The van der Waals surface area contributed by atoms with E-state index in [1.165, 1.54) is 24.7 Å². The van der Waals surface area contributed by atoms with Crippen LogP contribution >= 0.6 is 11.6 Å². The molecule has 12 nitrogen and oxygen atoms in total. The first kappa shape index (κ1) is 46.8. The average Bonchev–Trinajstić information content (AvgIpc) is 3.79. The van der Waals surface area contributed by atoms with E-state index in [1.807, 2.05) is 20.9 Å². The molecule has 0 radical (unpaired) electrons. The summed E-state index contributed by atoms with van der Waals surface area (Å²) in [7, 11) is -0.295. The molecule has 0 saturated carbocycles. The first-order chi connectivity index (χ1) is 29.7. The van der Waals surface area contributed by atoms with Crippen molar-refractivity contribution in [1.82, 2.24) is 39.7 Å². The second-order valence-electron chi connectivity index (χ2n) is 17.0. The van der Waals surface area contributed by atoms with E-state index in [4.69, 9.17) is 16.6 Å². The molecule has 0 bridgehead atoms. The summed E-state index contributed by atoms with van der Waals surface area (Å²) in [5.74, 6) is -3.23. The van der Waals surface area contributed by atoms with Gasteiger partial charge in [-0.2, -0.15) is 32.1 Å². The highest BCUT2D eigenvalue weighted by Gasteiger charge is 2.57. The zero-order chi connectivity index (χ0) is 46.8. The molecule has 1 saturated heterocycles. The number of sulfonamides is 1. The molecule has 3 aromatic heterocycles. The number of hydrogen-bond donors (Lipinski definition) is 2. The third kappa shape index (κ3) is 9.30. The Labute approximate surface area is 370 Å². The number of piperazine rings is 1. The van der Waals surface area contributed by atoms with Crippen molar-refractivity contribution in [2.24, 2.45) is 13.0 Å². The van der Waals surface area contributed by atoms with Gasteiger partial charge in [0.1, 0.15) is 29.6 Å². The molecule has 21 heteroatoms. The highest BCUT2D eigenvalue weighted by molar-refractivity contribution is 7.92. The Balaban J connectivity index is 1.40. The van der Waals surface area contributed by atoms with Crippen molar-refractivity contribution in [3.63, 3.8) is 0 Å². The van der Waals surface area contributed by atoms with Gasteiger partial charge in [-0.05, 0) is 75.0 Å². The van der Waals surface area contributed by atoms with Gasteiger partial charge in [0.15, 0.2) is 11.5 Å². The molecule has 4 heterocycles. The zero-order valence-corrected chi connectivity index (χ0v) is 37.4. The minimum absolute atomic E-state index is 0.0261. The highest BCUT2D eigenvalue weighted by atomic mass is 35.5. The van der Waals surface area contributed by atoms with Gasteiger partial charge in [0.25, 0.3) is 5.92 Å². The van der Waals surface area contributed by atoms with Gasteiger partial charge in [-0.3, -0.25) is 23.8 Å². The molecule has 3 atom stereocenters.